The van der Waals surface area contributed by atoms with Gasteiger partial charge in [-0.25, -0.2) is 0 Å². The molecule has 2 atom stereocenters. The third-order valence-electron chi connectivity index (χ3n) is 5.43. The van der Waals surface area contributed by atoms with E-state index in [0.717, 1.165) is 31.1 Å². The van der Waals surface area contributed by atoms with Crippen LogP contribution in [0.3, 0.4) is 0 Å². The summed E-state index contributed by atoms with van der Waals surface area (Å²) in [6.45, 7) is 8.99. The molecule has 1 saturated carbocycles. The lowest BCUT2D eigenvalue weighted by molar-refractivity contribution is -0.0260. The molecule has 1 nitrogen and oxygen atoms in total. The van der Waals surface area contributed by atoms with Gasteiger partial charge in [-0.2, -0.15) is 0 Å². The Labute approximate surface area is 99.9 Å². The fourth-order valence-electron chi connectivity index (χ4n) is 3.56. The van der Waals surface area contributed by atoms with Crippen LogP contribution >= 0.6 is 0 Å². The number of allylic oxidation sites excluding steroid dienone is 1. The fourth-order valence-corrected chi connectivity index (χ4v) is 3.56. The molecular weight excluding hydrogens is 196 g/mol. The van der Waals surface area contributed by atoms with Crippen LogP contribution in [0.25, 0.3) is 0 Å². The molecule has 0 aromatic heterocycles. The molecule has 0 spiro atoms. The fraction of sp³-hybridized carbons (Fsp3) is 0.867. The number of aliphatic hydroxyl groups is 1. The van der Waals surface area contributed by atoms with Gasteiger partial charge in [-0.05, 0) is 49.4 Å². The Morgan fingerprint density at radius 1 is 1.38 bits per heavy atom. The summed E-state index contributed by atoms with van der Waals surface area (Å²) in [5, 5.41) is 10.4. The summed E-state index contributed by atoms with van der Waals surface area (Å²) in [4.78, 5) is 0. The van der Waals surface area contributed by atoms with E-state index >= 15 is 0 Å². The molecule has 3 rings (SSSR count). The van der Waals surface area contributed by atoms with E-state index in [1.165, 1.54) is 12.8 Å². The molecule has 92 valence electrons. The Hall–Kier alpha value is -0.300. The molecule has 0 amide bonds. The largest absolute Gasteiger partial charge is 0.390 e. The lowest BCUT2D eigenvalue weighted by Gasteiger charge is -2.57. The highest BCUT2D eigenvalue weighted by Crippen LogP contribution is 2.60. The van der Waals surface area contributed by atoms with E-state index in [4.69, 9.17) is 0 Å². The molecular formula is C15H26O. The van der Waals surface area contributed by atoms with E-state index in [9.17, 15) is 5.11 Å². The van der Waals surface area contributed by atoms with Crippen molar-refractivity contribution in [3.05, 3.63) is 11.6 Å². The molecule has 0 aromatic carbocycles. The molecule has 0 radical (unpaired) electrons. The summed E-state index contributed by atoms with van der Waals surface area (Å²) in [6.07, 6.45) is 7.67. The minimum absolute atomic E-state index is 0.454. The van der Waals surface area contributed by atoms with Crippen LogP contribution in [0.1, 0.15) is 59.8 Å². The van der Waals surface area contributed by atoms with Gasteiger partial charge in [0.15, 0.2) is 0 Å². The zero-order chi connectivity index (χ0) is 12.0. The van der Waals surface area contributed by atoms with Crippen molar-refractivity contribution in [2.75, 3.05) is 0 Å². The minimum Gasteiger partial charge on any atom is -0.390 e. The third-order valence-corrected chi connectivity index (χ3v) is 5.43. The summed E-state index contributed by atoms with van der Waals surface area (Å²) in [6, 6.07) is 0. The molecule has 16 heavy (non-hydrogen) atoms. The maximum atomic E-state index is 10.4. The van der Waals surface area contributed by atoms with Crippen molar-refractivity contribution in [2.45, 2.75) is 65.4 Å². The maximum absolute atomic E-state index is 10.4. The van der Waals surface area contributed by atoms with Gasteiger partial charge in [0.05, 0.1) is 5.60 Å². The van der Waals surface area contributed by atoms with Gasteiger partial charge in [-0.3, -0.25) is 0 Å². The van der Waals surface area contributed by atoms with Gasteiger partial charge in [-0.15, -0.1) is 0 Å². The normalized spacial score (nSPS) is 31.9. The van der Waals surface area contributed by atoms with Crippen LogP contribution in [0.5, 0.6) is 0 Å². The van der Waals surface area contributed by atoms with Crippen molar-refractivity contribution in [1.29, 1.82) is 0 Å². The van der Waals surface area contributed by atoms with E-state index in [2.05, 4.69) is 33.8 Å². The lowest BCUT2D eigenvalue weighted by atomic mass is 9.48. The first-order valence-electron chi connectivity index (χ1n) is 6.84. The van der Waals surface area contributed by atoms with Crippen LogP contribution in [-0.4, -0.2) is 10.7 Å². The zero-order valence-electron chi connectivity index (χ0n) is 11.2. The molecule has 0 aromatic rings. The second kappa shape index (κ2) is 3.87. The number of hydrogen-bond donors (Lipinski definition) is 1. The Kier molecular flexibility index (Phi) is 2.94. The Morgan fingerprint density at radius 3 is 2.44 bits per heavy atom. The van der Waals surface area contributed by atoms with Gasteiger partial charge in [0.2, 0.25) is 0 Å². The quantitative estimate of drug-likeness (QED) is 0.715. The van der Waals surface area contributed by atoms with Gasteiger partial charge in [0.25, 0.3) is 0 Å². The molecule has 0 aliphatic heterocycles. The predicted octanol–water partition coefficient (Wildman–Crippen LogP) is 3.92. The zero-order valence-corrected chi connectivity index (χ0v) is 11.2. The van der Waals surface area contributed by atoms with Gasteiger partial charge in [-0.1, -0.05) is 39.3 Å². The van der Waals surface area contributed by atoms with Crippen molar-refractivity contribution >= 4 is 0 Å². The molecule has 3 aliphatic carbocycles. The van der Waals surface area contributed by atoms with Crippen LogP contribution in [-0.2, 0) is 0 Å². The Bertz CT molecular complexity index is 297. The second-order valence-corrected chi connectivity index (χ2v) is 6.43. The molecule has 1 N–H and O–H groups in total. The summed E-state index contributed by atoms with van der Waals surface area (Å²) in [5.41, 5.74) is 1.58. The average Bonchev–Trinajstić information content (AvgIpc) is 2.28. The smallest absolute Gasteiger partial charge is 0.0679 e. The first kappa shape index (κ1) is 12.2. The van der Waals surface area contributed by atoms with Crippen LogP contribution in [0.15, 0.2) is 11.6 Å². The van der Waals surface area contributed by atoms with E-state index in [-0.39, 0.29) is 0 Å². The van der Waals surface area contributed by atoms with Crippen LogP contribution in [0.2, 0.25) is 0 Å². The first-order chi connectivity index (χ1) is 7.43. The van der Waals surface area contributed by atoms with E-state index in [1.807, 2.05) is 0 Å². The summed E-state index contributed by atoms with van der Waals surface area (Å²) in [7, 11) is 0. The maximum Gasteiger partial charge on any atom is 0.0679 e. The van der Waals surface area contributed by atoms with Crippen molar-refractivity contribution in [2.24, 2.45) is 17.3 Å². The van der Waals surface area contributed by atoms with Gasteiger partial charge < -0.3 is 5.11 Å². The van der Waals surface area contributed by atoms with E-state index < -0.39 is 5.60 Å². The summed E-state index contributed by atoms with van der Waals surface area (Å²) >= 11 is 0. The third kappa shape index (κ3) is 1.73. The second-order valence-electron chi connectivity index (χ2n) is 6.43. The number of rotatable bonds is 4. The van der Waals surface area contributed by atoms with Gasteiger partial charge in [0, 0.05) is 0 Å². The highest BCUT2D eigenvalue weighted by molar-refractivity contribution is 5.24. The molecule has 1 fully saturated rings. The molecule has 0 heterocycles. The number of fused-ring (bicyclic) bond motifs is 1. The average molecular weight is 222 g/mol. The first-order valence-corrected chi connectivity index (χ1v) is 6.84. The van der Waals surface area contributed by atoms with Crippen LogP contribution < -0.4 is 0 Å². The molecule has 2 bridgehead atoms. The van der Waals surface area contributed by atoms with E-state index in [1.54, 1.807) is 5.57 Å². The SMILES string of the molecule is CCC(O)(CC)CC1=CCC2CC1C2(C)C. The topological polar surface area (TPSA) is 20.2 Å². The predicted molar refractivity (Wildman–Crippen MR) is 68.2 cm³/mol. The Morgan fingerprint density at radius 2 is 2.00 bits per heavy atom. The Balaban J connectivity index is 2.09. The lowest BCUT2D eigenvalue weighted by Crippen LogP contribution is -2.49. The molecule has 1 heteroatoms. The molecule has 2 unspecified atom stereocenters. The standard InChI is InChI=1S/C15H26O/c1-5-15(16,6-2)10-11-7-8-12-9-13(11)14(12,3)4/h7,12-13,16H,5-6,8-10H2,1-4H3. The minimum atomic E-state index is -0.454. The van der Waals surface area contributed by atoms with Crippen molar-refractivity contribution in [3.63, 3.8) is 0 Å². The van der Waals surface area contributed by atoms with Crippen molar-refractivity contribution in [1.82, 2.24) is 0 Å². The number of hydrogen-bond acceptors (Lipinski definition) is 1. The highest BCUT2D eigenvalue weighted by Gasteiger charge is 2.51. The van der Waals surface area contributed by atoms with Gasteiger partial charge >= 0.3 is 0 Å². The highest BCUT2D eigenvalue weighted by atomic mass is 16.3. The monoisotopic (exact) mass is 222 g/mol. The molecule has 0 saturated heterocycles. The van der Waals surface area contributed by atoms with E-state index in [0.29, 0.717) is 5.41 Å². The summed E-state index contributed by atoms with van der Waals surface area (Å²) in [5.74, 6) is 1.65. The molecule has 3 aliphatic rings. The summed E-state index contributed by atoms with van der Waals surface area (Å²) < 4.78 is 0. The van der Waals surface area contributed by atoms with Crippen molar-refractivity contribution in [3.8, 4) is 0 Å². The van der Waals surface area contributed by atoms with Crippen LogP contribution in [0, 0.1) is 17.3 Å². The van der Waals surface area contributed by atoms with Crippen molar-refractivity contribution < 1.29 is 5.11 Å². The van der Waals surface area contributed by atoms with Crippen LogP contribution in [0.4, 0.5) is 0 Å². The van der Waals surface area contributed by atoms with Gasteiger partial charge in [0.1, 0.15) is 0 Å².